The Bertz CT molecular complexity index is 1250. The fourth-order valence-corrected chi connectivity index (χ4v) is 3.10. The van der Waals surface area contributed by atoms with E-state index in [9.17, 15) is 9.59 Å². The van der Waals surface area contributed by atoms with Crippen LogP contribution in [0, 0.1) is 0 Å². The number of hydrogen-bond donors (Lipinski definition) is 2. The second-order valence-electron chi connectivity index (χ2n) is 6.64. The van der Waals surface area contributed by atoms with Crippen molar-refractivity contribution in [3.63, 3.8) is 0 Å². The van der Waals surface area contributed by atoms with E-state index in [1.807, 2.05) is 0 Å². The largest absolute Gasteiger partial charge is 0.497 e. The second-order valence-corrected chi connectivity index (χ2v) is 7.55. The summed E-state index contributed by atoms with van der Waals surface area (Å²) in [5.74, 6) is 0.234. The Labute approximate surface area is 191 Å². The Balaban J connectivity index is 1.43. The topological polar surface area (TPSA) is 106 Å². The highest BCUT2D eigenvalue weighted by Gasteiger charge is 2.14. The zero-order valence-corrected chi connectivity index (χ0v) is 18.4. The summed E-state index contributed by atoms with van der Waals surface area (Å²) < 4.78 is 11.5. The molecule has 2 N–H and O–H groups in total. The van der Waals surface area contributed by atoms with Crippen LogP contribution in [0.3, 0.4) is 0 Å². The molecule has 9 heteroatoms. The van der Waals surface area contributed by atoms with Gasteiger partial charge in [0, 0.05) is 26.9 Å². The molecule has 4 rings (SSSR count). The third-order valence-electron chi connectivity index (χ3n) is 4.47. The fourth-order valence-electron chi connectivity index (χ4n) is 2.84. The molecule has 0 aliphatic carbocycles. The van der Waals surface area contributed by atoms with Crippen molar-refractivity contribution in [2.45, 2.75) is 0 Å². The molecule has 0 bridgehead atoms. The first-order valence-corrected chi connectivity index (χ1v) is 10.3. The molecular weight excluding hydrogens is 476 g/mol. The number of benzene rings is 3. The number of aromatic nitrogens is 2. The molecule has 3 aromatic carbocycles. The predicted octanol–water partition coefficient (Wildman–Crippen LogP) is 5.01. The molecule has 32 heavy (non-hydrogen) atoms. The van der Waals surface area contributed by atoms with Gasteiger partial charge in [0.2, 0.25) is 5.89 Å². The standard InChI is InChI=1S/C23H17BrN4O4/c1-31-19-11-7-15(8-12-19)22-27-28-23(32-22)26-21(30)16-3-2-4-18(13-16)25-20(29)14-5-9-17(24)10-6-14/h2-13H,1H3,(H,25,29)(H,26,28,30). The molecule has 8 nitrogen and oxygen atoms in total. The smallest absolute Gasteiger partial charge is 0.322 e. The number of nitrogens with zero attached hydrogens (tertiary/aromatic N) is 2. The van der Waals surface area contributed by atoms with Gasteiger partial charge < -0.3 is 14.5 Å². The maximum atomic E-state index is 12.6. The van der Waals surface area contributed by atoms with E-state index in [2.05, 4.69) is 36.8 Å². The lowest BCUT2D eigenvalue weighted by atomic mass is 10.1. The van der Waals surface area contributed by atoms with Crippen LogP contribution in [0.25, 0.3) is 11.5 Å². The van der Waals surface area contributed by atoms with Crippen molar-refractivity contribution in [1.82, 2.24) is 10.2 Å². The predicted molar refractivity (Wildman–Crippen MR) is 123 cm³/mol. The monoisotopic (exact) mass is 492 g/mol. The van der Waals surface area contributed by atoms with Crippen LogP contribution >= 0.6 is 15.9 Å². The van der Waals surface area contributed by atoms with Crippen LogP contribution in [-0.2, 0) is 0 Å². The highest BCUT2D eigenvalue weighted by molar-refractivity contribution is 9.10. The average Bonchev–Trinajstić information content (AvgIpc) is 3.28. The number of methoxy groups -OCH3 is 1. The highest BCUT2D eigenvalue weighted by atomic mass is 79.9. The van der Waals surface area contributed by atoms with Crippen molar-refractivity contribution in [3.8, 4) is 17.2 Å². The number of hydrogen-bond acceptors (Lipinski definition) is 6. The lowest BCUT2D eigenvalue weighted by Gasteiger charge is -2.07. The van der Waals surface area contributed by atoms with Gasteiger partial charge in [0.1, 0.15) is 5.75 Å². The number of rotatable bonds is 6. The Morgan fingerprint density at radius 1 is 0.875 bits per heavy atom. The lowest BCUT2D eigenvalue weighted by Crippen LogP contribution is -2.14. The van der Waals surface area contributed by atoms with Gasteiger partial charge in [-0.15, -0.1) is 5.10 Å². The van der Waals surface area contributed by atoms with Gasteiger partial charge in [0.15, 0.2) is 0 Å². The van der Waals surface area contributed by atoms with Crippen molar-refractivity contribution in [2.24, 2.45) is 0 Å². The molecule has 0 unspecified atom stereocenters. The van der Waals surface area contributed by atoms with E-state index in [-0.39, 0.29) is 17.8 Å². The first-order valence-electron chi connectivity index (χ1n) is 9.48. The Morgan fingerprint density at radius 3 is 2.31 bits per heavy atom. The molecule has 1 aromatic heterocycles. The van der Waals surface area contributed by atoms with Crippen molar-refractivity contribution in [1.29, 1.82) is 0 Å². The van der Waals surface area contributed by atoms with E-state index in [4.69, 9.17) is 9.15 Å². The quantitative estimate of drug-likeness (QED) is 0.391. The highest BCUT2D eigenvalue weighted by Crippen LogP contribution is 2.23. The molecule has 0 spiro atoms. The van der Waals surface area contributed by atoms with Crippen LogP contribution in [0.5, 0.6) is 5.75 Å². The van der Waals surface area contributed by atoms with Crippen LogP contribution in [0.1, 0.15) is 20.7 Å². The number of ether oxygens (including phenoxy) is 1. The summed E-state index contributed by atoms with van der Waals surface area (Å²) in [6.07, 6.45) is 0. The second kappa shape index (κ2) is 9.44. The van der Waals surface area contributed by atoms with E-state index in [1.54, 1.807) is 79.9 Å². The average molecular weight is 493 g/mol. The molecule has 0 aliphatic rings. The van der Waals surface area contributed by atoms with Crippen LogP contribution < -0.4 is 15.4 Å². The van der Waals surface area contributed by atoms with Gasteiger partial charge in [0.25, 0.3) is 11.8 Å². The third-order valence-corrected chi connectivity index (χ3v) is 5.00. The first-order chi connectivity index (χ1) is 15.5. The molecule has 0 saturated heterocycles. The number of halogens is 1. The Hall–Kier alpha value is -3.98. The normalized spacial score (nSPS) is 10.4. The zero-order valence-electron chi connectivity index (χ0n) is 16.8. The van der Waals surface area contributed by atoms with Crippen LogP contribution in [-0.4, -0.2) is 29.1 Å². The molecule has 0 aliphatic heterocycles. The molecule has 4 aromatic rings. The van der Waals surface area contributed by atoms with Gasteiger partial charge in [-0.1, -0.05) is 27.1 Å². The minimum Gasteiger partial charge on any atom is -0.497 e. The summed E-state index contributed by atoms with van der Waals surface area (Å²) in [6.45, 7) is 0. The van der Waals surface area contributed by atoms with Crippen LogP contribution in [0.2, 0.25) is 0 Å². The molecular formula is C23H17BrN4O4. The summed E-state index contributed by atoms with van der Waals surface area (Å²) in [5.41, 5.74) is 1.99. The van der Waals surface area contributed by atoms with Crippen LogP contribution in [0.4, 0.5) is 11.7 Å². The maximum Gasteiger partial charge on any atom is 0.322 e. The first kappa shape index (κ1) is 21.3. The van der Waals surface area contributed by atoms with Crippen LogP contribution in [0.15, 0.2) is 81.7 Å². The molecule has 160 valence electrons. The van der Waals surface area contributed by atoms with Gasteiger partial charge in [-0.05, 0) is 66.7 Å². The zero-order chi connectivity index (χ0) is 22.5. The van der Waals surface area contributed by atoms with E-state index < -0.39 is 5.91 Å². The van der Waals surface area contributed by atoms with E-state index in [0.717, 1.165) is 4.47 Å². The molecule has 0 radical (unpaired) electrons. The van der Waals surface area contributed by atoms with Gasteiger partial charge in [-0.3, -0.25) is 14.9 Å². The summed E-state index contributed by atoms with van der Waals surface area (Å²) in [5, 5.41) is 13.2. The number of carbonyl (C=O) groups is 2. The van der Waals surface area contributed by atoms with Gasteiger partial charge in [0.05, 0.1) is 7.11 Å². The number of carbonyl (C=O) groups excluding carboxylic acids is 2. The Morgan fingerprint density at radius 2 is 1.59 bits per heavy atom. The van der Waals surface area contributed by atoms with Gasteiger partial charge in [-0.2, -0.15) is 0 Å². The fraction of sp³-hybridized carbons (Fsp3) is 0.0435. The summed E-state index contributed by atoms with van der Waals surface area (Å²) >= 11 is 3.34. The molecule has 0 fully saturated rings. The van der Waals surface area contributed by atoms with E-state index in [0.29, 0.717) is 28.1 Å². The molecule has 2 amide bonds. The number of anilines is 2. The number of nitrogens with one attached hydrogen (secondary N) is 2. The van der Waals surface area contributed by atoms with Gasteiger partial charge >= 0.3 is 6.01 Å². The summed E-state index contributed by atoms with van der Waals surface area (Å²) in [6, 6.07) is 20.6. The minimum absolute atomic E-state index is 0.0369. The molecule has 1 heterocycles. The third kappa shape index (κ3) is 5.01. The molecule has 0 saturated carbocycles. The lowest BCUT2D eigenvalue weighted by molar-refractivity contribution is 0.101. The minimum atomic E-state index is -0.449. The van der Waals surface area contributed by atoms with E-state index >= 15 is 0 Å². The van der Waals surface area contributed by atoms with Crippen molar-refractivity contribution in [3.05, 3.63) is 88.4 Å². The van der Waals surface area contributed by atoms with Crippen molar-refractivity contribution >= 4 is 39.4 Å². The van der Waals surface area contributed by atoms with Crippen molar-refractivity contribution in [2.75, 3.05) is 17.7 Å². The SMILES string of the molecule is COc1ccc(-c2nnc(NC(=O)c3cccc(NC(=O)c4ccc(Br)cc4)c3)o2)cc1. The van der Waals surface area contributed by atoms with Gasteiger partial charge in [-0.25, -0.2) is 0 Å². The molecule has 0 atom stereocenters. The summed E-state index contributed by atoms with van der Waals surface area (Å²) in [4.78, 5) is 25.0. The summed E-state index contributed by atoms with van der Waals surface area (Å²) in [7, 11) is 1.58. The van der Waals surface area contributed by atoms with E-state index in [1.165, 1.54) is 0 Å². The van der Waals surface area contributed by atoms with Crippen molar-refractivity contribution < 1.29 is 18.7 Å². The Kier molecular flexibility index (Phi) is 6.27. The maximum absolute atomic E-state index is 12.6. The number of amides is 2.